The summed E-state index contributed by atoms with van der Waals surface area (Å²) in [6.45, 7) is 4.20. The maximum atomic E-state index is 12.7. The van der Waals surface area contributed by atoms with Gasteiger partial charge in [-0.1, -0.05) is 81.8 Å². The Labute approximate surface area is 338 Å². The zero-order chi connectivity index (χ0) is 40.0. The van der Waals surface area contributed by atoms with Crippen LogP contribution in [0.1, 0.15) is 63.5 Å². The molecule has 1 fully saturated rings. The van der Waals surface area contributed by atoms with Gasteiger partial charge in [0.15, 0.2) is 18.1 Å². The standard InChI is InChI=1S/C22H18ClN3O7S.C18H28O3S/c23-16-12-34-21-18(24-17(27)11-32-15-4-2-1-3-5-15)20(28)25(21)19(16)22(29)33-10-13-6-8-14(9-7-13)26(30)31;1-3-4-5-6-7-8-11-22(19)15(2)12-16-9-10-17-18(13-16)21-14-20-17/h1-9,18,21H,10-12H2,(H,24,27);9-10,13,15H,3-8,11-12,14H2,1-2H3/t18?,21-;/m1./s1. The first kappa shape index (κ1) is 42.5. The van der Waals surface area contributed by atoms with Crippen molar-refractivity contribution in [2.75, 3.05) is 24.9 Å². The van der Waals surface area contributed by atoms with Gasteiger partial charge < -0.3 is 24.3 Å². The van der Waals surface area contributed by atoms with Crippen molar-refractivity contribution in [1.82, 2.24) is 10.2 Å². The largest absolute Gasteiger partial charge is 0.484 e. The number of fused-ring (bicyclic) bond motifs is 2. The summed E-state index contributed by atoms with van der Waals surface area (Å²) in [5, 5.41) is 13.2. The van der Waals surface area contributed by atoms with Crippen molar-refractivity contribution in [1.29, 1.82) is 0 Å². The van der Waals surface area contributed by atoms with Crippen LogP contribution in [0.4, 0.5) is 5.69 Å². The Bertz CT molecular complexity index is 1900. The molecule has 300 valence electrons. The first-order valence-electron chi connectivity index (χ1n) is 18.5. The number of unbranched alkanes of at least 4 members (excludes halogenated alkanes) is 5. The van der Waals surface area contributed by atoms with Crippen molar-refractivity contribution in [2.45, 2.75) is 82.1 Å². The minimum Gasteiger partial charge on any atom is -0.484 e. The average Bonchev–Trinajstić information content (AvgIpc) is 3.68. The number of para-hydroxylation sites is 1. The monoisotopic (exact) mass is 827 g/mol. The highest BCUT2D eigenvalue weighted by molar-refractivity contribution is 8.00. The lowest BCUT2D eigenvalue weighted by Gasteiger charge is -2.49. The number of carbonyl (C=O) groups is 3. The highest BCUT2D eigenvalue weighted by Gasteiger charge is 2.54. The van der Waals surface area contributed by atoms with Crippen LogP contribution in [0.3, 0.4) is 0 Å². The minimum absolute atomic E-state index is 0.0663. The Morgan fingerprint density at radius 1 is 1.02 bits per heavy atom. The average molecular weight is 828 g/mol. The van der Waals surface area contributed by atoms with Gasteiger partial charge in [-0.15, -0.1) is 11.8 Å². The van der Waals surface area contributed by atoms with Gasteiger partial charge in [0.2, 0.25) is 6.79 Å². The van der Waals surface area contributed by atoms with E-state index in [9.17, 15) is 28.7 Å². The van der Waals surface area contributed by atoms with Crippen LogP contribution in [0.5, 0.6) is 17.2 Å². The molecule has 0 aromatic heterocycles. The van der Waals surface area contributed by atoms with Crippen molar-refractivity contribution in [3.05, 3.63) is 105 Å². The van der Waals surface area contributed by atoms with Gasteiger partial charge in [0, 0.05) is 39.7 Å². The van der Waals surface area contributed by atoms with Gasteiger partial charge in [-0.2, -0.15) is 0 Å². The predicted octanol–water partition coefficient (Wildman–Crippen LogP) is 7.02. The fourth-order valence-corrected chi connectivity index (χ4v) is 8.92. The molecule has 0 bridgehead atoms. The van der Waals surface area contributed by atoms with E-state index < -0.39 is 44.9 Å². The van der Waals surface area contributed by atoms with Crippen LogP contribution in [0.25, 0.3) is 0 Å². The molecule has 3 aliphatic rings. The van der Waals surface area contributed by atoms with Crippen molar-refractivity contribution < 1.29 is 42.5 Å². The van der Waals surface area contributed by atoms with Crippen molar-refractivity contribution >= 4 is 57.6 Å². The molecule has 1 saturated heterocycles. The van der Waals surface area contributed by atoms with E-state index in [1.54, 1.807) is 24.3 Å². The van der Waals surface area contributed by atoms with Crippen molar-refractivity contribution in [3.63, 3.8) is 0 Å². The number of hydrogen-bond donors (Lipinski definition) is 1. The molecule has 3 aliphatic heterocycles. The Hall–Kier alpha value is -4.60. The van der Waals surface area contributed by atoms with Gasteiger partial charge in [0.25, 0.3) is 17.5 Å². The summed E-state index contributed by atoms with van der Waals surface area (Å²) in [4.78, 5) is 49.1. The molecule has 2 amide bonds. The number of halogens is 1. The van der Waals surface area contributed by atoms with Crippen molar-refractivity contribution in [2.24, 2.45) is 0 Å². The lowest BCUT2D eigenvalue weighted by Crippen LogP contribution is -2.70. The van der Waals surface area contributed by atoms with E-state index in [0.29, 0.717) is 18.1 Å². The molecule has 56 heavy (non-hydrogen) atoms. The molecule has 0 spiro atoms. The first-order chi connectivity index (χ1) is 27.0. The number of esters is 1. The van der Waals surface area contributed by atoms with Crippen LogP contribution < -0.4 is 19.5 Å². The molecule has 13 nitrogen and oxygen atoms in total. The number of amides is 2. The summed E-state index contributed by atoms with van der Waals surface area (Å²) in [5.41, 5.74) is 1.56. The third-order valence-corrected chi connectivity index (χ3v) is 12.7. The second kappa shape index (κ2) is 21.1. The van der Waals surface area contributed by atoms with Gasteiger partial charge in [-0.05, 0) is 60.4 Å². The quantitative estimate of drug-likeness (QED) is 0.0461. The Kier molecular flexibility index (Phi) is 16.0. The molecule has 0 radical (unpaired) electrons. The number of hydrogen-bond acceptors (Lipinski definition) is 11. The molecule has 3 unspecified atom stereocenters. The molecule has 3 aromatic rings. The van der Waals surface area contributed by atoms with Crippen molar-refractivity contribution in [3.8, 4) is 17.2 Å². The van der Waals surface area contributed by atoms with Gasteiger partial charge >= 0.3 is 5.97 Å². The molecule has 0 saturated carbocycles. The number of rotatable bonds is 18. The fourth-order valence-electron chi connectivity index (χ4n) is 6.10. The Morgan fingerprint density at radius 3 is 2.45 bits per heavy atom. The van der Waals surface area contributed by atoms with Crippen LogP contribution in [0.2, 0.25) is 0 Å². The van der Waals surface area contributed by atoms with Crippen LogP contribution in [0, 0.1) is 10.1 Å². The first-order valence-corrected chi connectivity index (χ1v) is 21.3. The third kappa shape index (κ3) is 11.7. The molecular formula is C40H46ClN3O10S2. The number of β-lactam (4-membered cyclic amide) rings is 1. The zero-order valence-electron chi connectivity index (χ0n) is 31.3. The van der Waals surface area contributed by atoms with Crippen LogP contribution in [0.15, 0.2) is 83.5 Å². The minimum atomic E-state index is -0.820. The van der Waals surface area contributed by atoms with Gasteiger partial charge in [-0.3, -0.25) is 28.8 Å². The Morgan fingerprint density at radius 2 is 1.71 bits per heavy atom. The maximum absolute atomic E-state index is 12.7. The molecule has 3 aromatic carbocycles. The predicted molar refractivity (Wildman–Crippen MR) is 215 cm³/mol. The second-order valence-corrected chi connectivity index (χ2v) is 16.9. The molecular weight excluding hydrogens is 782 g/mol. The normalized spacial score (nSPS) is 17.8. The van der Waals surface area contributed by atoms with E-state index in [-0.39, 0.29) is 40.6 Å². The number of thioether (sulfide) groups is 1. The topological polar surface area (TPSA) is 164 Å². The summed E-state index contributed by atoms with van der Waals surface area (Å²) in [5.74, 6) is 1.51. The third-order valence-electron chi connectivity index (χ3n) is 9.17. The highest BCUT2D eigenvalue weighted by Crippen LogP contribution is 2.42. The number of nitrogens with one attached hydrogen (secondary N) is 1. The number of ether oxygens (including phenoxy) is 4. The van der Waals surface area contributed by atoms with E-state index in [4.69, 9.17) is 30.5 Å². The van der Waals surface area contributed by atoms with E-state index >= 15 is 0 Å². The zero-order valence-corrected chi connectivity index (χ0v) is 33.7. The highest BCUT2D eigenvalue weighted by atomic mass is 35.5. The second-order valence-electron chi connectivity index (χ2n) is 13.4. The number of benzene rings is 3. The van der Waals surface area contributed by atoms with Crippen LogP contribution >= 0.6 is 23.4 Å². The van der Waals surface area contributed by atoms with E-state index in [1.165, 1.54) is 78.6 Å². The van der Waals surface area contributed by atoms with E-state index in [2.05, 4.69) is 19.2 Å². The lowest BCUT2D eigenvalue weighted by molar-refractivity contribution is -0.384. The maximum Gasteiger partial charge on any atom is 0.356 e. The van der Waals surface area contributed by atoms with Gasteiger partial charge in [0.1, 0.15) is 29.5 Å². The van der Waals surface area contributed by atoms with E-state index in [1.807, 2.05) is 24.3 Å². The molecule has 6 rings (SSSR count). The van der Waals surface area contributed by atoms with Gasteiger partial charge in [-0.25, -0.2) is 4.79 Å². The smallest absolute Gasteiger partial charge is 0.356 e. The number of nitro groups is 1. The van der Waals surface area contributed by atoms with Crippen LogP contribution in [-0.2, 0) is 42.9 Å². The van der Waals surface area contributed by atoms with Gasteiger partial charge in [0.05, 0.1) is 9.96 Å². The SMILES string of the molecule is CCCCCCCCS(=O)C(C)Cc1ccc2c(c1)OCO2.O=C(COc1ccccc1)NC1C(=O)N2C(C(=O)OCc3ccc([N+](=O)[O-])cc3)=C(Cl)CS[C@H]12. The number of nitrogens with zero attached hydrogens (tertiary/aromatic N) is 2. The fraction of sp³-hybridized carbons (Fsp3) is 0.425. The summed E-state index contributed by atoms with van der Waals surface area (Å²) in [7, 11) is -0.743. The Balaban J connectivity index is 0.000000236. The molecule has 4 atom stereocenters. The molecule has 0 aliphatic carbocycles. The molecule has 3 heterocycles. The summed E-state index contributed by atoms with van der Waals surface area (Å²) < 4.78 is 33.7. The molecule has 16 heteroatoms. The number of carbonyl (C=O) groups excluding carboxylic acids is 3. The number of nitro benzene ring substituents is 1. The summed E-state index contributed by atoms with van der Waals surface area (Å²) in [6, 6.07) is 19.5. The summed E-state index contributed by atoms with van der Waals surface area (Å²) in [6.07, 6.45) is 8.32. The molecule has 1 N–H and O–H groups in total. The van der Waals surface area contributed by atoms with E-state index in [0.717, 1.165) is 30.1 Å². The van der Waals surface area contributed by atoms with Crippen LogP contribution in [-0.4, -0.2) is 73.4 Å². The summed E-state index contributed by atoms with van der Waals surface area (Å²) >= 11 is 7.54. The lowest BCUT2D eigenvalue weighted by atomic mass is 10.1. The number of non-ortho nitro benzene ring substituents is 1.